The maximum Gasteiger partial charge on any atom is 0.0239 e. The zero-order valence-corrected chi connectivity index (χ0v) is 10.6. The van der Waals surface area contributed by atoms with Crippen molar-refractivity contribution < 1.29 is 0 Å². The minimum absolute atomic E-state index is 0.726. The van der Waals surface area contributed by atoms with E-state index in [1.54, 1.807) is 11.3 Å². The van der Waals surface area contributed by atoms with Crippen molar-refractivity contribution in [2.24, 2.45) is 5.92 Å². The molecule has 0 saturated carbocycles. The van der Waals surface area contributed by atoms with Gasteiger partial charge in [-0.1, -0.05) is 22.9 Å². The van der Waals surface area contributed by atoms with Gasteiger partial charge in [-0.15, -0.1) is 0 Å². The number of rotatable bonds is 5. The molecule has 1 aromatic rings. The molecule has 0 fully saturated rings. The Bertz CT molecular complexity index is 223. The van der Waals surface area contributed by atoms with Gasteiger partial charge in [-0.3, -0.25) is 0 Å². The first-order chi connectivity index (χ1) is 6.22. The van der Waals surface area contributed by atoms with Crippen LogP contribution in [0.15, 0.2) is 16.8 Å². The minimum Gasteiger partial charge on any atom is -0.302 e. The van der Waals surface area contributed by atoms with Gasteiger partial charge in [0.05, 0.1) is 0 Å². The van der Waals surface area contributed by atoms with E-state index in [4.69, 9.17) is 0 Å². The molecule has 0 N–H and O–H groups in total. The molecule has 0 aliphatic rings. The van der Waals surface area contributed by atoms with Gasteiger partial charge in [-0.05, 0) is 35.4 Å². The molecule has 1 nitrogen and oxygen atoms in total. The predicted octanol–water partition coefficient (Wildman–Crippen LogP) is 3.21. The summed E-state index contributed by atoms with van der Waals surface area (Å²) in [6.07, 6.45) is 0. The van der Waals surface area contributed by atoms with E-state index in [1.165, 1.54) is 5.56 Å². The highest BCUT2D eigenvalue weighted by atomic mass is 79.9. The van der Waals surface area contributed by atoms with Crippen LogP contribution in [0.25, 0.3) is 0 Å². The SMILES string of the molecule is CC(CBr)CN(C)Cc1ccsc1. The minimum atomic E-state index is 0.726. The lowest BCUT2D eigenvalue weighted by molar-refractivity contribution is 0.291. The summed E-state index contributed by atoms with van der Waals surface area (Å²) in [5, 5.41) is 5.44. The van der Waals surface area contributed by atoms with E-state index < -0.39 is 0 Å². The molecule has 74 valence electrons. The lowest BCUT2D eigenvalue weighted by Gasteiger charge is -2.19. The first-order valence-electron chi connectivity index (χ1n) is 4.48. The van der Waals surface area contributed by atoms with Crippen LogP contribution in [0.3, 0.4) is 0 Å². The van der Waals surface area contributed by atoms with Gasteiger partial charge in [0.25, 0.3) is 0 Å². The summed E-state index contributed by atoms with van der Waals surface area (Å²) in [5.41, 5.74) is 1.43. The largest absolute Gasteiger partial charge is 0.302 e. The van der Waals surface area contributed by atoms with Crippen molar-refractivity contribution in [2.75, 3.05) is 18.9 Å². The second-order valence-electron chi connectivity index (χ2n) is 3.59. The molecule has 13 heavy (non-hydrogen) atoms. The zero-order chi connectivity index (χ0) is 9.68. The molecule has 0 bridgehead atoms. The summed E-state index contributed by atoms with van der Waals surface area (Å²) in [7, 11) is 2.18. The lowest BCUT2D eigenvalue weighted by Crippen LogP contribution is -2.24. The highest BCUT2D eigenvalue weighted by Gasteiger charge is 2.05. The van der Waals surface area contributed by atoms with E-state index in [0.29, 0.717) is 0 Å². The van der Waals surface area contributed by atoms with Crippen LogP contribution in [0, 0.1) is 5.92 Å². The van der Waals surface area contributed by atoms with Crippen LogP contribution in [0.4, 0.5) is 0 Å². The van der Waals surface area contributed by atoms with Crippen LogP contribution in [-0.4, -0.2) is 23.8 Å². The number of nitrogens with zero attached hydrogens (tertiary/aromatic N) is 1. The van der Waals surface area contributed by atoms with Crippen molar-refractivity contribution in [1.82, 2.24) is 4.90 Å². The summed E-state index contributed by atoms with van der Waals surface area (Å²) in [6, 6.07) is 2.19. The Labute approximate surface area is 92.9 Å². The van der Waals surface area contributed by atoms with Crippen molar-refractivity contribution >= 4 is 27.3 Å². The first kappa shape index (κ1) is 11.2. The van der Waals surface area contributed by atoms with Crippen LogP contribution >= 0.6 is 27.3 Å². The van der Waals surface area contributed by atoms with Crippen molar-refractivity contribution in [3.05, 3.63) is 22.4 Å². The topological polar surface area (TPSA) is 3.24 Å². The summed E-state index contributed by atoms with van der Waals surface area (Å²) >= 11 is 5.27. The van der Waals surface area contributed by atoms with E-state index in [-0.39, 0.29) is 0 Å². The van der Waals surface area contributed by atoms with Crippen LogP contribution in [-0.2, 0) is 6.54 Å². The summed E-state index contributed by atoms with van der Waals surface area (Å²) < 4.78 is 0. The van der Waals surface area contributed by atoms with Crippen LogP contribution in [0.1, 0.15) is 12.5 Å². The summed E-state index contributed by atoms with van der Waals surface area (Å²) in [5.74, 6) is 0.726. The van der Waals surface area contributed by atoms with Crippen molar-refractivity contribution in [1.29, 1.82) is 0 Å². The van der Waals surface area contributed by atoms with Gasteiger partial charge in [-0.2, -0.15) is 11.3 Å². The first-order valence-corrected chi connectivity index (χ1v) is 6.54. The van der Waals surface area contributed by atoms with Crippen molar-refractivity contribution in [3.63, 3.8) is 0 Å². The normalized spacial score (nSPS) is 13.5. The van der Waals surface area contributed by atoms with Gasteiger partial charge in [0.2, 0.25) is 0 Å². The van der Waals surface area contributed by atoms with E-state index >= 15 is 0 Å². The van der Waals surface area contributed by atoms with E-state index in [1.807, 2.05) is 0 Å². The molecule has 0 saturated heterocycles. The number of hydrogen-bond donors (Lipinski definition) is 0. The molecular formula is C10H16BrNS. The van der Waals surface area contributed by atoms with Gasteiger partial charge < -0.3 is 4.90 Å². The average molecular weight is 262 g/mol. The predicted molar refractivity (Wildman–Crippen MR) is 63.6 cm³/mol. The Kier molecular flexibility index (Phi) is 4.99. The fourth-order valence-electron chi connectivity index (χ4n) is 1.34. The third-order valence-electron chi connectivity index (χ3n) is 1.92. The average Bonchev–Trinajstić information content (AvgIpc) is 2.56. The maximum absolute atomic E-state index is 3.50. The highest BCUT2D eigenvalue weighted by Crippen LogP contribution is 2.10. The van der Waals surface area contributed by atoms with Crippen molar-refractivity contribution in [3.8, 4) is 0 Å². The Morgan fingerprint density at radius 1 is 1.62 bits per heavy atom. The smallest absolute Gasteiger partial charge is 0.0239 e. The lowest BCUT2D eigenvalue weighted by atomic mass is 10.2. The summed E-state index contributed by atoms with van der Waals surface area (Å²) in [4.78, 5) is 2.37. The molecule has 1 unspecified atom stereocenters. The van der Waals surface area contributed by atoms with Crippen LogP contribution in [0.2, 0.25) is 0 Å². The number of thiophene rings is 1. The molecular weight excluding hydrogens is 246 g/mol. The van der Waals surface area contributed by atoms with Crippen LogP contribution < -0.4 is 0 Å². The Balaban J connectivity index is 2.29. The van der Waals surface area contributed by atoms with E-state index in [2.05, 4.69) is 51.6 Å². The van der Waals surface area contributed by atoms with Crippen LogP contribution in [0.5, 0.6) is 0 Å². The Hall–Kier alpha value is 0.140. The van der Waals surface area contributed by atoms with E-state index in [0.717, 1.165) is 24.3 Å². The molecule has 0 spiro atoms. The maximum atomic E-state index is 3.50. The van der Waals surface area contributed by atoms with Gasteiger partial charge in [-0.25, -0.2) is 0 Å². The Morgan fingerprint density at radius 3 is 2.92 bits per heavy atom. The highest BCUT2D eigenvalue weighted by molar-refractivity contribution is 9.09. The third kappa shape index (κ3) is 4.25. The molecule has 1 heterocycles. The number of hydrogen-bond acceptors (Lipinski definition) is 2. The molecule has 0 aliphatic carbocycles. The van der Waals surface area contributed by atoms with E-state index in [9.17, 15) is 0 Å². The van der Waals surface area contributed by atoms with Crippen molar-refractivity contribution in [2.45, 2.75) is 13.5 Å². The molecule has 0 aromatic carbocycles. The molecule has 0 radical (unpaired) electrons. The fraction of sp³-hybridized carbons (Fsp3) is 0.600. The molecule has 3 heteroatoms. The molecule has 1 atom stereocenters. The fourth-order valence-corrected chi connectivity index (χ4v) is 2.20. The van der Waals surface area contributed by atoms with Gasteiger partial charge in [0, 0.05) is 18.4 Å². The number of halogens is 1. The Morgan fingerprint density at radius 2 is 2.38 bits per heavy atom. The third-order valence-corrected chi connectivity index (χ3v) is 3.76. The molecule has 1 aromatic heterocycles. The molecule has 0 amide bonds. The molecule has 0 aliphatic heterocycles. The standard InChI is InChI=1S/C10H16BrNS/c1-9(5-11)6-12(2)7-10-3-4-13-8-10/h3-4,8-9H,5-7H2,1-2H3. The zero-order valence-electron chi connectivity index (χ0n) is 8.16. The summed E-state index contributed by atoms with van der Waals surface area (Å²) in [6.45, 7) is 4.49. The second kappa shape index (κ2) is 5.78. The monoisotopic (exact) mass is 261 g/mol. The van der Waals surface area contributed by atoms with Gasteiger partial charge in [0.1, 0.15) is 0 Å². The number of alkyl halides is 1. The van der Waals surface area contributed by atoms with Gasteiger partial charge in [0.15, 0.2) is 0 Å². The molecule has 1 rings (SSSR count). The quantitative estimate of drug-likeness (QED) is 0.736. The van der Waals surface area contributed by atoms with Gasteiger partial charge >= 0.3 is 0 Å². The second-order valence-corrected chi connectivity index (χ2v) is 5.02.